The molecule has 100 valence electrons. The summed E-state index contributed by atoms with van der Waals surface area (Å²) < 4.78 is 0. The fraction of sp³-hybridized carbons (Fsp3) is 0.714. The van der Waals surface area contributed by atoms with Crippen LogP contribution in [0.3, 0.4) is 0 Å². The van der Waals surface area contributed by atoms with Crippen molar-refractivity contribution in [2.75, 3.05) is 16.8 Å². The first-order valence-corrected chi connectivity index (χ1v) is 7.03. The summed E-state index contributed by atoms with van der Waals surface area (Å²) in [5, 5.41) is 3.20. The standard InChI is InChI=1S/C14H24N4/c1-5-12-8-7-11(4)18(12)13-10(3)9-16-14(17-13)15-6-2/h9,11-12H,5-8H2,1-4H3,(H,15,16,17). The second-order valence-corrected chi connectivity index (χ2v) is 5.13. The molecule has 0 aromatic carbocycles. The number of nitrogens with one attached hydrogen (secondary N) is 1. The Morgan fingerprint density at radius 1 is 1.39 bits per heavy atom. The maximum atomic E-state index is 4.70. The number of anilines is 2. The lowest BCUT2D eigenvalue weighted by molar-refractivity contribution is 0.619. The highest BCUT2D eigenvalue weighted by molar-refractivity contribution is 5.51. The van der Waals surface area contributed by atoms with Gasteiger partial charge in [0, 0.05) is 30.4 Å². The van der Waals surface area contributed by atoms with Gasteiger partial charge in [-0.1, -0.05) is 6.92 Å². The Hall–Kier alpha value is -1.32. The van der Waals surface area contributed by atoms with Gasteiger partial charge in [0.25, 0.3) is 0 Å². The van der Waals surface area contributed by atoms with Gasteiger partial charge >= 0.3 is 0 Å². The van der Waals surface area contributed by atoms with Gasteiger partial charge in [0.1, 0.15) is 5.82 Å². The zero-order valence-corrected chi connectivity index (χ0v) is 11.9. The van der Waals surface area contributed by atoms with Gasteiger partial charge < -0.3 is 10.2 Å². The van der Waals surface area contributed by atoms with E-state index in [2.05, 4.69) is 42.9 Å². The van der Waals surface area contributed by atoms with E-state index < -0.39 is 0 Å². The number of hydrogen-bond acceptors (Lipinski definition) is 4. The summed E-state index contributed by atoms with van der Waals surface area (Å²) in [5.74, 6) is 1.85. The van der Waals surface area contributed by atoms with Crippen molar-refractivity contribution in [2.24, 2.45) is 0 Å². The molecule has 0 spiro atoms. The summed E-state index contributed by atoms with van der Waals surface area (Å²) in [4.78, 5) is 11.5. The van der Waals surface area contributed by atoms with Crippen molar-refractivity contribution in [3.05, 3.63) is 11.8 Å². The van der Waals surface area contributed by atoms with Crippen LogP contribution in [0.25, 0.3) is 0 Å². The molecule has 1 aromatic heterocycles. The molecule has 1 fully saturated rings. The Bertz CT molecular complexity index is 405. The highest BCUT2D eigenvalue weighted by Crippen LogP contribution is 2.32. The molecule has 2 rings (SSSR count). The maximum Gasteiger partial charge on any atom is 0.224 e. The van der Waals surface area contributed by atoms with E-state index in [1.54, 1.807) is 0 Å². The van der Waals surface area contributed by atoms with E-state index in [9.17, 15) is 0 Å². The minimum absolute atomic E-state index is 0.582. The van der Waals surface area contributed by atoms with Gasteiger partial charge in [-0.2, -0.15) is 4.98 Å². The molecule has 4 nitrogen and oxygen atoms in total. The Morgan fingerprint density at radius 2 is 2.17 bits per heavy atom. The van der Waals surface area contributed by atoms with Gasteiger partial charge in [-0.15, -0.1) is 0 Å². The zero-order valence-electron chi connectivity index (χ0n) is 11.9. The minimum Gasteiger partial charge on any atom is -0.354 e. The molecule has 18 heavy (non-hydrogen) atoms. The van der Waals surface area contributed by atoms with Crippen molar-refractivity contribution in [1.82, 2.24) is 9.97 Å². The van der Waals surface area contributed by atoms with Gasteiger partial charge in [0.15, 0.2) is 0 Å². The molecule has 0 radical (unpaired) electrons. The molecule has 1 N–H and O–H groups in total. The molecule has 0 amide bonds. The molecule has 0 bridgehead atoms. The van der Waals surface area contributed by atoms with E-state index in [1.807, 2.05) is 6.20 Å². The predicted molar refractivity (Wildman–Crippen MR) is 76.2 cm³/mol. The van der Waals surface area contributed by atoms with Gasteiger partial charge in [0.05, 0.1) is 0 Å². The quantitative estimate of drug-likeness (QED) is 0.889. The molecule has 2 heterocycles. The van der Waals surface area contributed by atoms with Gasteiger partial charge in [-0.3, -0.25) is 0 Å². The van der Waals surface area contributed by atoms with E-state index in [1.165, 1.54) is 24.8 Å². The molecule has 1 aliphatic heterocycles. The second-order valence-electron chi connectivity index (χ2n) is 5.13. The van der Waals surface area contributed by atoms with Crippen LogP contribution in [-0.2, 0) is 0 Å². The van der Waals surface area contributed by atoms with Crippen LogP contribution in [0, 0.1) is 6.92 Å². The summed E-state index contributed by atoms with van der Waals surface area (Å²) >= 11 is 0. The highest BCUT2D eigenvalue weighted by atomic mass is 15.3. The second kappa shape index (κ2) is 5.55. The first-order valence-electron chi connectivity index (χ1n) is 7.03. The number of nitrogens with zero attached hydrogens (tertiary/aromatic N) is 3. The minimum atomic E-state index is 0.582. The van der Waals surface area contributed by atoms with Crippen molar-refractivity contribution in [3.63, 3.8) is 0 Å². The average Bonchev–Trinajstić information content (AvgIpc) is 2.73. The van der Waals surface area contributed by atoms with Crippen LogP contribution in [-0.4, -0.2) is 28.6 Å². The molecule has 0 saturated carbocycles. The lowest BCUT2D eigenvalue weighted by Gasteiger charge is -2.30. The van der Waals surface area contributed by atoms with E-state index in [0.717, 1.165) is 18.3 Å². The van der Waals surface area contributed by atoms with Gasteiger partial charge in [-0.05, 0) is 40.0 Å². The number of rotatable bonds is 4. The summed E-state index contributed by atoms with van der Waals surface area (Å²) in [6.07, 6.45) is 5.65. The van der Waals surface area contributed by atoms with Crippen molar-refractivity contribution < 1.29 is 0 Å². The fourth-order valence-corrected chi connectivity index (χ4v) is 2.79. The molecule has 0 aliphatic carbocycles. The average molecular weight is 248 g/mol. The van der Waals surface area contributed by atoms with Crippen LogP contribution in [0.15, 0.2) is 6.20 Å². The van der Waals surface area contributed by atoms with Crippen LogP contribution < -0.4 is 10.2 Å². The Morgan fingerprint density at radius 3 is 2.83 bits per heavy atom. The van der Waals surface area contributed by atoms with Gasteiger partial charge in [-0.25, -0.2) is 4.98 Å². The molecule has 1 aromatic rings. The van der Waals surface area contributed by atoms with Gasteiger partial charge in [0.2, 0.25) is 5.95 Å². The first kappa shape index (κ1) is 13.1. The third-order valence-corrected chi connectivity index (χ3v) is 3.78. The van der Waals surface area contributed by atoms with E-state index >= 15 is 0 Å². The van der Waals surface area contributed by atoms with Crippen LogP contribution in [0.2, 0.25) is 0 Å². The number of hydrogen-bond donors (Lipinski definition) is 1. The Kier molecular flexibility index (Phi) is 4.04. The third kappa shape index (κ3) is 2.42. The molecular formula is C14H24N4. The predicted octanol–water partition coefficient (Wildman–Crippen LogP) is 2.98. The number of aromatic nitrogens is 2. The summed E-state index contributed by atoms with van der Waals surface area (Å²) in [7, 11) is 0. The summed E-state index contributed by atoms with van der Waals surface area (Å²) in [5.41, 5.74) is 1.17. The molecule has 4 heteroatoms. The van der Waals surface area contributed by atoms with Crippen molar-refractivity contribution in [3.8, 4) is 0 Å². The van der Waals surface area contributed by atoms with Crippen LogP contribution in [0.5, 0.6) is 0 Å². The van der Waals surface area contributed by atoms with Crippen LogP contribution >= 0.6 is 0 Å². The summed E-state index contributed by atoms with van der Waals surface area (Å²) in [6, 6.07) is 1.21. The smallest absolute Gasteiger partial charge is 0.224 e. The number of aryl methyl sites for hydroxylation is 1. The molecule has 2 unspecified atom stereocenters. The third-order valence-electron chi connectivity index (χ3n) is 3.78. The monoisotopic (exact) mass is 248 g/mol. The molecule has 2 atom stereocenters. The van der Waals surface area contributed by atoms with E-state index in [-0.39, 0.29) is 0 Å². The largest absolute Gasteiger partial charge is 0.354 e. The highest BCUT2D eigenvalue weighted by Gasteiger charge is 2.31. The molecule has 1 saturated heterocycles. The molecular weight excluding hydrogens is 224 g/mol. The van der Waals surface area contributed by atoms with Crippen molar-refractivity contribution in [2.45, 2.75) is 59.0 Å². The van der Waals surface area contributed by atoms with Crippen LogP contribution in [0.1, 0.15) is 45.6 Å². The lowest BCUT2D eigenvalue weighted by atomic mass is 10.1. The Labute approximate surface area is 110 Å². The summed E-state index contributed by atoms with van der Waals surface area (Å²) in [6.45, 7) is 9.58. The SMILES string of the molecule is CCNc1ncc(C)c(N2C(C)CCC2CC)n1. The zero-order chi connectivity index (χ0) is 13.1. The van der Waals surface area contributed by atoms with E-state index in [0.29, 0.717) is 12.1 Å². The topological polar surface area (TPSA) is 41.1 Å². The Balaban J connectivity index is 2.33. The van der Waals surface area contributed by atoms with Crippen molar-refractivity contribution in [1.29, 1.82) is 0 Å². The van der Waals surface area contributed by atoms with Crippen LogP contribution in [0.4, 0.5) is 11.8 Å². The molecule has 1 aliphatic rings. The van der Waals surface area contributed by atoms with E-state index in [4.69, 9.17) is 4.98 Å². The first-order chi connectivity index (χ1) is 8.67. The van der Waals surface area contributed by atoms with Crippen molar-refractivity contribution >= 4 is 11.8 Å². The lowest BCUT2D eigenvalue weighted by Crippen LogP contribution is -2.35. The normalized spacial score (nSPS) is 23.4. The fourth-order valence-electron chi connectivity index (χ4n) is 2.79. The maximum absolute atomic E-state index is 4.70.